The highest BCUT2D eigenvalue weighted by molar-refractivity contribution is 5.30. The van der Waals surface area contributed by atoms with E-state index in [0.717, 1.165) is 5.75 Å². The van der Waals surface area contributed by atoms with Gasteiger partial charge in [0.2, 0.25) is 0 Å². The fourth-order valence-corrected chi connectivity index (χ4v) is 2.44. The van der Waals surface area contributed by atoms with Crippen molar-refractivity contribution < 1.29 is 4.74 Å². The zero-order valence-electron chi connectivity index (χ0n) is 9.28. The van der Waals surface area contributed by atoms with Gasteiger partial charge < -0.3 is 10.5 Å². The van der Waals surface area contributed by atoms with Crippen molar-refractivity contribution in [3.63, 3.8) is 0 Å². The van der Waals surface area contributed by atoms with Crippen LogP contribution in [0.15, 0.2) is 24.3 Å². The van der Waals surface area contributed by atoms with Crippen LogP contribution < -0.4 is 10.5 Å². The number of methoxy groups -OCH3 is 1. The van der Waals surface area contributed by atoms with Gasteiger partial charge in [-0.3, -0.25) is 0 Å². The maximum Gasteiger partial charge on any atom is 0.119 e. The highest BCUT2D eigenvalue weighted by Gasteiger charge is 2.23. The van der Waals surface area contributed by atoms with Crippen molar-refractivity contribution in [2.24, 2.45) is 11.7 Å². The molecule has 0 aromatic heterocycles. The fraction of sp³-hybridized carbons (Fsp3) is 0.538. The van der Waals surface area contributed by atoms with Crippen LogP contribution in [0.2, 0.25) is 0 Å². The van der Waals surface area contributed by atoms with Gasteiger partial charge >= 0.3 is 0 Å². The molecule has 2 nitrogen and oxygen atoms in total. The normalized spacial score (nSPS) is 19.1. The van der Waals surface area contributed by atoms with Crippen molar-refractivity contribution in [2.45, 2.75) is 31.7 Å². The highest BCUT2D eigenvalue weighted by atomic mass is 16.5. The largest absolute Gasteiger partial charge is 0.497 e. The molecule has 82 valence electrons. The highest BCUT2D eigenvalue weighted by Crippen LogP contribution is 2.34. The zero-order chi connectivity index (χ0) is 10.7. The molecular formula is C13H19NO. The molecular weight excluding hydrogens is 186 g/mol. The number of nitrogens with two attached hydrogens (primary N) is 1. The van der Waals surface area contributed by atoms with E-state index in [0.29, 0.717) is 5.92 Å². The second kappa shape index (κ2) is 4.67. The maximum absolute atomic E-state index is 6.27. The summed E-state index contributed by atoms with van der Waals surface area (Å²) < 4.78 is 5.21. The Morgan fingerprint density at radius 3 is 2.73 bits per heavy atom. The minimum atomic E-state index is 0.183. The Bertz CT molecular complexity index is 318. The lowest BCUT2D eigenvalue weighted by atomic mass is 9.92. The number of rotatable bonds is 3. The van der Waals surface area contributed by atoms with E-state index < -0.39 is 0 Å². The van der Waals surface area contributed by atoms with Gasteiger partial charge in [0.25, 0.3) is 0 Å². The molecule has 2 rings (SSSR count). The molecule has 1 aromatic carbocycles. The van der Waals surface area contributed by atoms with E-state index in [-0.39, 0.29) is 6.04 Å². The molecule has 0 spiro atoms. The number of hydrogen-bond acceptors (Lipinski definition) is 2. The molecule has 0 unspecified atom stereocenters. The molecule has 15 heavy (non-hydrogen) atoms. The predicted octanol–water partition coefficient (Wildman–Crippen LogP) is 2.89. The van der Waals surface area contributed by atoms with E-state index >= 15 is 0 Å². The first-order chi connectivity index (χ1) is 7.31. The molecule has 1 aliphatic rings. The summed E-state index contributed by atoms with van der Waals surface area (Å²) in [5.41, 5.74) is 7.48. The monoisotopic (exact) mass is 205 g/mol. The van der Waals surface area contributed by atoms with Crippen LogP contribution in [0.1, 0.15) is 37.3 Å². The fourth-order valence-electron chi connectivity index (χ4n) is 2.44. The summed E-state index contributed by atoms with van der Waals surface area (Å²) in [7, 11) is 1.69. The van der Waals surface area contributed by atoms with Gasteiger partial charge in [-0.05, 0) is 36.5 Å². The van der Waals surface area contributed by atoms with Gasteiger partial charge in [0.1, 0.15) is 5.75 Å². The molecule has 0 amide bonds. The summed E-state index contributed by atoms with van der Waals surface area (Å²) in [6.45, 7) is 0. The Hall–Kier alpha value is -1.02. The van der Waals surface area contributed by atoms with Gasteiger partial charge in [-0.15, -0.1) is 0 Å². The summed E-state index contributed by atoms with van der Waals surface area (Å²) in [5, 5.41) is 0. The van der Waals surface area contributed by atoms with Crippen LogP contribution in [0, 0.1) is 5.92 Å². The number of benzene rings is 1. The molecule has 1 saturated carbocycles. The van der Waals surface area contributed by atoms with Gasteiger partial charge in [-0.25, -0.2) is 0 Å². The van der Waals surface area contributed by atoms with Gasteiger partial charge in [-0.1, -0.05) is 25.0 Å². The molecule has 0 bridgehead atoms. The van der Waals surface area contributed by atoms with Crippen molar-refractivity contribution in [1.29, 1.82) is 0 Å². The Balaban J connectivity index is 2.13. The molecule has 2 N–H and O–H groups in total. The summed E-state index contributed by atoms with van der Waals surface area (Å²) >= 11 is 0. The number of hydrogen-bond donors (Lipinski definition) is 1. The zero-order valence-corrected chi connectivity index (χ0v) is 9.28. The summed E-state index contributed by atoms with van der Waals surface area (Å²) in [6, 6.07) is 8.32. The summed E-state index contributed by atoms with van der Waals surface area (Å²) in [5.74, 6) is 1.57. The first-order valence-corrected chi connectivity index (χ1v) is 5.71. The SMILES string of the molecule is COc1cccc([C@@H](N)C2CCCC2)c1. The van der Waals surface area contributed by atoms with E-state index in [2.05, 4.69) is 12.1 Å². The van der Waals surface area contributed by atoms with Crippen molar-refractivity contribution in [2.75, 3.05) is 7.11 Å². The third-order valence-electron chi connectivity index (χ3n) is 3.39. The average molecular weight is 205 g/mol. The quantitative estimate of drug-likeness (QED) is 0.823. The van der Waals surface area contributed by atoms with E-state index in [1.807, 2.05) is 12.1 Å². The Morgan fingerprint density at radius 2 is 2.07 bits per heavy atom. The second-order valence-corrected chi connectivity index (χ2v) is 4.35. The topological polar surface area (TPSA) is 35.2 Å². The molecule has 2 heteroatoms. The maximum atomic E-state index is 6.27. The molecule has 0 heterocycles. The summed E-state index contributed by atoms with van der Waals surface area (Å²) in [4.78, 5) is 0. The first-order valence-electron chi connectivity index (χ1n) is 5.71. The molecule has 1 atom stereocenters. The molecule has 1 aliphatic carbocycles. The van der Waals surface area contributed by atoms with Crippen LogP contribution in [0.5, 0.6) is 5.75 Å². The molecule has 0 saturated heterocycles. The van der Waals surface area contributed by atoms with Crippen LogP contribution in [0.4, 0.5) is 0 Å². The van der Waals surface area contributed by atoms with Crippen LogP contribution >= 0.6 is 0 Å². The minimum Gasteiger partial charge on any atom is -0.497 e. The van der Waals surface area contributed by atoms with Crippen LogP contribution in [-0.4, -0.2) is 7.11 Å². The van der Waals surface area contributed by atoms with Gasteiger partial charge in [0.05, 0.1) is 7.11 Å². The smallest absolute Gasteiger partial charge is 0.119 e. The van der Waals surface area contributed by atoms with E-state index in [9.17, 15) is 0 Å². The lowest BCUT2D eigenvalue weighted by molar-refractivity contribution is 0.409. The second-order valence-electron chi connectivity index (χ2n) is 4.35. The number of ether oxygens (including phenoxy) is 1. The van der Waals surface area contributed by atoms with Crippen molar-refractivity contribution >= 4 is 0 Å². The predicted molar refractivity (Wildman–Crippen MR) is 61.9 cm³/mol. The van der Waals surface area contributed by atoms with Crippen LogP contribution in [0.3, 0.4) is 0 Å². The van der Waals surface area contributed by atoms with Crippen molar-refractivity contribution in [1.82, 2.24) is 0 Å². The third-order valence-corrected chi connectivity index (χ3v) is 3.39. The van der Waals surface area contributed by atoms with E-state index in [4.69, 9.17) is 10.5 Å². The van der Waals surface area contributed by atoms with Crippen LogP contribution in [-0.2, 0) is 0 Å². The van der Waals surface area contributed by atoms with Gasteiger partial charge in [0, 0.05) is 6.04 Å². The molecule has 1 fully saturated rings. The van der Waals surface area contributed by atoms with Crippen LogP contribution in [0.25, 0.3) is 0 Å². The lowest BCUT2D eigenvalue weighted by Crippen LogP contribution is -2.18. The Labute approximate surface area is 91.4 Å². The molecule has 0 radical (unpaired) electrons. The van der Waals surface area contributed by atoms with Crippen molar-refractivity contribution in [3.05, 3.63) is 29.8 Å². The Kier molecular flexibility index (Phi) is 3.27. The van der Waals surface area contributed by atoms with E-state index in [1.165, 1.54) is 31.2 Å². The Morgan fingerprint density at radius 1 is 1.33 bits per heavy atom. The average Bonchev–Trinajstić information content (AvgIpc) is 2.81. The lowest BCUT2D eigenvalue weighted by Gasteiger charge is -2.19. The molecule has 1 aromatic rings. The van der Waals surface area contributed by atoms with Gasteiger partial charge in [0.15, 0.2) is 0 Å². The third kappa shape index (κ3) is 2.32. The minimum absolute atomic E-state index is 0.183. The summed E-state index contributed by atoms with van der Waals surface area (Å²) in [6.07, 6.45) is 5.22. The van der Waals surface area contributed by atoms with E-state index in [1.54, 1.807) is 7.11 Å². The first kappa shape index (κ1) is 10.5. The van der Waals surface area contributed by atoms with Crippen molar-refractivity contribution in [3.8, 4) is 5.75 Å². The molecule has 0 aliphatic heterocycles. The standard InChI is InChI=1S/C13H19NO/c1-15-12-8-4-7-11(9-12)13(14)10-5-2-3-6-10/h4,7-10,13H,2-3,5-6,14H2,1H3/t13-/m0/s1. The van der Waals surface area contributed by atoms with Gasteiger partial charge in [-0.2, -0.15) is 0 Å².